The number of amides is 1. The third-order valence-electron chi connectivity index (χ3n) is 4.71. The number of hydrogen-bond donors (Lipinski definition) is 1. The highest BCUT2D eigenvalue weighted by Crippen LogP contribution is 2.26. The highest BCUT2D eigenvalue weighted by molar-refractivity contribution is 6.42. The molecule has 0 atom stereocenters. The molecule has 9 nitrogen and oxygen atoms in total. The summed E-state index contributed by atoms with van der Waals surface area (Å²) in [7, 11) is 2.75. The SMILES string of the molecule is COc1cc(OC)nc(C(=O)CC(=O)N(Cc2ccc(Cl)c(Cl)c2)c2ccc(C(=O)O)cc2)n1. The van der Waals surface area contributed by atoms with Gasteiger partial charge in [0.15, 0.2) is 0 Å². The molecule has 0 fully saturated rings. The molecule has 1 heterocycles. The number of nitrogens with zero attached hydrogens (tertiary/aromatic N) is 3. The number of rotatable bonds is 9. The molecule has 0 spiro atoms. The molecule has 1 N–H and O–H groups in total. The van der Waals surface area contributed by atoms with Crippen LogP contribution in [0.1, 0.15) is 33.0 Å². The molecule has 0 saturated carbocycles. The molecule has 1 aromatic heterocycles. The van der Waals surface area contributed by atoms with Crippen LogP contribution in [0.2, 0.25) is 10.0 Å². The van der Waals surface area contributed by atoms with Crippen molar-refractivity contribution in [3.63, 3.8) is 0 Å². The fourth-order valence-electron chi connectivity index (χ4n) is 2.98. The molecular weight excluding hydrogens is 485 g/mol. The van der Waals surface area contributed by atoms with Crippen molar-refractivity contribution in [2.24, 2.45) is 0 Å². The van der Waals surface area contributed by atoms with Gasteiger partial charge in [0.05, 0.1) is 48.9 Å². The fraction of sp³-hybridized carbons (Fsp3) is 0.174. The Labute approximate surface area is 204 Å². The number of methoxy groups -OCH3 is 2. The van der Waals surface area contributed by atoms with Gasteiger partial charge in [0, 0.05) is 5.69 Å². The van der Waals surface area contributed by atoms with Crippen molar-refractivity contribution in [3.8, 4) is 11.8 Å². The lowest BCUT2D eigenvalue weighted by atomic mass is 10.1. The summed E-state index contributed by atoms with van der Waals surface area (Å²) in [5.74, 6) is -2.33. The number of carbonyl (C=O) groups is 3. The Bertz CT molecular complexity index is 1210. The molecule has 0 saturated heterocycles. The van der Waals surface area contributed by atoms with Gasteiger partial charge in [-0.3, -0.25) is 9.59 Å². The van der Waals surface area contributed by atoms with Crippen LogP contribution in [0.3, 0.4) is 0 Å². The van der Waals surface area contributed by atoms with Crippen LogP contribution in [0.4, 0.5) is 5.69 Å². The maximum absolute atomic E-state index is 13.2. The minimum absolute atomic E-state index is 0.0533. The molecule has 0 aliphatic rings. The van der Waals surface area contributed by atoms with Crippen molar-refractivity contribution in [2.75, 3.05) is 19.1 Å². The number of ketones is 1. The van der Waals surface area contributed by atoms with Gasteiger partial charge < -0.3 is 19.5 Å². The van der Waals surface area contributed by atoms with Crippen molar-refractivity contribution in [1.29, 1.82) is 0 Å². The van der Waals surface area contributed by atoms with Gasteiger partial charge in [-0.25, -0.2) is 4.79 Å². The van der Waals surface area contributed by atoms with E-state index in [1.54, 1.807) is 18.2 Å². The van der Waals surface area contributed by atoms with Crippen LogP contribution in [0.25, 0.3) is 0 Å². The second-order valence-electron chi connectivity index (χ2n) is 6.96. The maximum Gasteiger partial charge on any atom is 0.335 e. The van der Waals surface area contributed by atoms with E-state index in [2.05, 4.69) is 9.97 Å². The third-order valence-corrected chi connectivity index (χ3v) is 5.45. The normalized spacial score (nSPS) is 10.5. The topological polar surface area (TPSA) is 119 Å². The van der Waals surface area contributed by atoms with Gasteiger partial charge in [-0.15, -0.1) is 0 Å². The van der Waals surface area contributed by atoms with Crippen LogP contribution >= 0.6 is 23.2 Å². The smallest absolute Gasteiger partial charge is 0.335 e. The highest BCUT2D eigenvalue weighted by atomic mass is 35.5. The number of ether oxygens (including phenoxy) is 2. The molecule has 1 amide bonds. The highest BCUT2D eigenvalue weighted by Gasteiger charge is 2.23. The molecule has 11 heteroatoms. The second kappa shape index (κ2) is 11.0. The van der Waals surface area contributed by atoms with Crippen molar-refractivity contribution < 1.29 is 29.0 Å². The number of hydrogen-bond acceptors (Lipinski definition) is 7. The van der Waals surface area contributed by atoms with Crippen molar-refractivity contribution >= 4 is 46.5 Å². The predicted molar refractivity (Wildman–Crippen MR) is 125 cm³/mol. The van der Waals surface area contributed by atoms with Gasteiger partial charge in [0.25, 0.3) is 0 Å². The van der Waals surface area contributed by atoms with Gasteiger partial charge >= 0.3 is 5.97 Å². The Kier molecular flexibility index (Phi) is 8.04. The first-order valence-corrected chi connectivity index (χ1v) is 10.5. The Hall–Kier alpha value is -3.69. The summed E-state index contributed by atoms with van der Waals surface area (Å²) in [6.07, 6.45) is -0.557. The van der Waals surface area contributed by atoms with E-state index in [-0.39, 0.29) is 29.7 Å². The van der Waals surface area contributed by atoms with Gasteiger partial charge in [-0.1, -0.05) is 29.3 Å². The van der Waals surface area contributed by atoms with Crippen LogP contribution in [-0.2, 0) is 11.3 Å². The molecule has 176 valence electrons. The average Bonchev–Trinajstić information content (AvgIpc) is 2.84. The molecule has 3 aromatic rings. The zero-order chi connectivity index (χ0) is 24.8. The largest absolute Gasteiger partial charge is 0.481 e. The van der Waals surface area contributed by atoms with E-state index in [0.717, 1.165) is 0 Å². The number of carbonyl (C=O) groups excluding carboxylic acids is 2. The quantitative estimate of drug-likeness (QED) is 0.339. The third kappa shape index (κ3) is 6.00. The number of carboxylic acid groups (broad SMARTS) is 1. The molecule has 0 unspecified atom stereocenters. The number of Topliss-reactive ketones (excluding diaryl/α,β-unsaturated/α-hetero) is 1. The zero-order valence-electron chi connectivity index (χ0n) is 18.1. The minimum atomic E-state index is -1.10. The summed E-state index contributed by atoms with van der Waals surface area (Å²) < 4.78 is 10.1. The minimum Gasteiger partial charge on any atom is -0.481 e. The lowest BCUT2D eigenvalue weighted by Crippen LogP contribution is -2.32. The summed E-state index contributed by atoms with van der Waals surface area (Å²) in [4.78, 5) is 46.6. The van der Waals surface area contributed by atoms with Crippen LogP contribution < -0.4 is 14.4 Å². The summed E-state index contributed by atoms with van der Waals surface area (Å²) in [5.41, 5.74) is 1.09. The summed E-state index contributed by atoms with van der Waals surface area (Å²) in [5, 5.41) is 9.82. The predicted octanol–water partition coefficient (Wildman–Crippen LogP) is 4.31. The second-order valence-corrected chi connectivity index (χ2v) is 7.77. The zero-order valence-corrected chi connectivity index (χ0v) is 19.6. The molecule has 0 aliphatic heterocycles. The summed E-state index contributed by atoms with van der Waals surface area (Å²) in [6.45, 7) is 0.0533. The number of benzene rings is 2. The van der Waals surface area contributed by atoms with Crippen molar-refractivity contribution in [1.82, 2.24) is 9.97 Å². The number of halogens is 2. The summed E-state index contributed by atoms with van der Waals surface area (Å²) >= 11 is 12.1. The Morgan fingerprint density at radius 2 is 1.53 bits per heavy atom. The van der Waals surface area contributed by atoms with Crippen molar-refractivity contribution in [2.45, 2.75) is 13.0 Å². The van der Waals surface area contributed by atoms with Gasteiger partial charge in [-0.05, 0) is 42.0 Å². The van der Waals surface area contributed by atoms with E-state index in [0.29, 0.717) is 21.3 Å². The van der Waals surface area contributed by atoms with Crippen LogP contribution in [0, 0.1) is 0 Å². The van der Waals surface area contributed by atoms with Crippen LogP contribution in [-0.4, -0.2) is 47.0 Å². The molecule has 34 heavy (non-hydrogen) atoms. The van der Waals surface area contributed by atoms with Crippen molar-refractivity contribution in [3.05, 3.63) is 75.5 Å². The van der Waals surface area contributed by atoms with Crippen LogP contribution in [0.15, 0.2) is 48.5 Å². The molecule has 0 radical (unpaired) electrons. The van der Waals surface area contributed by atoms with Gasteiger partial charge in [0.1, 0.15) is 0 Å². The first kappa shape index (κ1) is 24.9. The van der Waals surface area contributed by atoms with E-state index >= 15 is 0 Å². The Morgan fingerprint density at radius 3 is 2.06 bits per heavy atom. The fourth-order valence-corrected chi connectivity index (χ4v) is 3.30. The number of carboxylic acids is 1. The van der Waals surface area contributed by atoms with Crippen LogP contribution in [0.5, 0.6) is 11.8 Å². The molecule has 3 rings (SSSR count). The van der Waals surface area contributed by atoms with E-state index in [1.165, 1.54) is 49.5 Å². The lowest BCUT2D eigenvalue weighted by molar-refractivity contribution is -0.117. The summed E-state index contributed by atoms with van der Waals surface area (Å²) in [6, 6.07) is 12.0. The molecule has 0 bridgehead atoms. The Morgan fingerprint density at radius 1 is 0.912 bits per heavy atom. The maximum atomic E-state index is 13.2. The van der Waals surface area contributed by atoms with E-state index in [9.17, 15) is 14.4 Å². The standard InChI is InChI=1S/C23H19Cl2N3O6/c1-33-19-11-20(34-2)27-22(26-19)18(29)10-21(30)28(12-13-3-8-16(24)17(25)9-13)15-6-4-14(5-7-15)23(31)32/h3-9,11H,10,12H2,1-2H3,(H,31,32). The van der Waals surface area contributed by atoms with Gasteiger partial charge in [-0.2, -0.15) is 9.97 Å². The Balaban J connectivity index is 1.91. The van der Waals surface area contributed by atoms with E-state index < -0.39 is 24.1 Å². The first-order chi connectivity index (χ1) is 16.2. The molecule has 0 aliphatic carbocycles. The molecular formula is C23H19Cl2N3O6. The first-order valence-electron chi connectivity index (χ1n) is 9.79. The van der Waals surface area contributed by atoms with Gasteiger partial charge in [0.2, 0.25) is 29.3 Å². The van der Waals surface area contributed by atoms with E-state index in [1.807, 2.05) is 0 Å². The van der Waals surface area contributed by atoms with E-state index in [4.69, 9.17) is 37.8 Å². The molecule has 2 aromatic carbocycles. The number of anilines is 1. The average molecular weight is 504 g/mol. The number of aromatic nitrogens is 2. The number of aromatic carboxylic acids is 1. The lowest BCUT2D eigenvalue weighted by Gasteiger charge is -2.23. The monoisotopic (exact) mass is 503 g/mol.